The molecular weight excluding hydrogens is 230 g/mol. The number of piperidine rings is 1. The molecule has 2 N–H and O–H groups in total. The molecule has 0 atom stereocenters. The van der Waals surface area contributed by atoms with Crippen LogP contribution < -0.4 is 10.6 Å². The predicted molar refractivity (Wildman–Crippen MR) is 75.0 cm³/mol. The summed E-state index contributed by atoms with van der Waals surface area (Å²) in [7, 11) is 0. The number of aliphatic imine (C=N–C) groups is 1. The summed E-state index contributed by atoms with van der Waals surface area (Å²) in [5, 5.41) is 8.20. The maximum absolute atomic E-state index is 4.96. The van der Waals surface area contributed by atoms with E-state index in [0.717, 1.165) is 25.9 Å². The van der Waals surface area contributed by atoms with Crippen molar-refractivity contribution in [1.82, 2.24) is 5.32 Å². The van der Waals surface area contributed by atoms with Gasteiger partial charge < -0.3 is 10.6 Å². The molecule has 1 aromatic rings. The minimum Gasteiger partial charge on any atom is -0.361 e. The van der Waals surface area contributed by atoms with Crippen LogP contribution in [-0.4, -0.2) is 30.1 Å². The molecule has 0 aliphatic carbocycles. The Kier molecular flexibility index (Phi) is 2.84. The van der Waals surface area contributed by atoms with Crippen LogP contribution in [0.2, 0.25) is 0 Å². The molecular formula is C13H17N3S. The first kappa shape index (κ1) is 11.1. The summed E-state index contributed by atoms with van der Waals surface area (Å²) in [6.45, 7) is 2.08. The molecule has 0 aromatic heterocycles. The lowest BCUT2D eigenvalue weighted by atomic mass is 9.95. The Balaban J connectivity index is 2.03. The number of nitrogens with zero attached hydrogens (tertiary/aromatic N) is 1. The molecule has 17 heavy (non-hydrogen) atoms. The minimum atomic E-state index is -0.0715. The zero-order valence-electron chi connectivity index (χ0n) is 9.99. The van der Waals surface area contributed by atoms with Crippen molar-refractivity contribution >= 4 is 22.5 Å². The van der Waals surface area contributed by atoms with Gasteiger partial charge in [-0.2, -0.15) is 0 Å². The van der Waals surface area contributed by atoms with Crippen molar-refractivity contribution in [3.05, 3.63) is 29.8 Å². The molecule has 2 heterocycles. The Labute approximate surface area is 106 Å². The second-order valence-corrected chi connectivity index (χ2v) is 5.37. The van der Waals surface area contributed by atoms with Gasteiger partial charge in [-0.1, -0.05) is 18.2 Å². The largest absolute Gasteiger partial charge is 0.361 e. The molecule has 0 saturated carbocycles. The van der Waals surface area contributed by atoms with E-state index in [9.17, 15) is 0 Å². The van der Waals surface area contributed by atoms with E-state index in [1.165, 1.54) is 16.3 Å². The smallest absolute Gasteiger partial charge is 0.133 e. The van der Waals surface area contributed by atoms with Gasteiger partial charge in [-0.15, -0.1) is 11.8 Å². The van der Waals surface area contributed by atoms with E-state index < -0.39 is 0 Å². The van der Waals surface area contributed by atoms with Crippen molar-refractivity contribution in [1.29, 1.82) is 0 Å². The summed E-state index contributed by atoms with van der Waals surface area (Å²) < 4.78 is 0. The Bertz CT molecular complexity index is 450. The zero-order valence-corrected chi connectivity index (χ0v) is 10.8. The van der Waals surface area contributed by atoms with Gasteiger partial charge in [-0.3, -0.25) is 0 Å². The Hall–Kier alpha value is -1.00. The summed E-state index contributed by atoms with van der Waals surface area (Å²) >= 11 is 1.75. The third-order valence-corrected chi connectivity index (χ3v) is 4.16. The van der Waals surface area contributed by atoms with Crippen LogP contribution in [0.25, 0.3) is 0 Å². The number of thioether (sulfide) groups is 1. The Morgan fingerprint density at radius 3 is 2.76 bits per heavy atom. The van der Waals surface area contributed by atoms with Crippen molar-refractivity contribution in [2.45, 2.75) is 18.5 Å². The monoisotopic (exact) mass is 247 g/mol. The van der Waals surface area contributed by atoms with E-state index in [1.807, 2.05) is 0 Å². The van der Waals surface area contributed by atoms with Gasteiger partial charge in [-0.25, -0.2) is 4.99 Å². The SMILES string of the molecule is CSC1=NC2(CCNCC2)Nc2ccccc21. The fourth-order valence-electron chi connectivity index (χ4n) is 2.54. The van der Waals surface area contributed by atoms with Gasteiger partial charge in [0.15, 0.2) is 0 Å². The third kappa shape index (κ3) is 1.96. The Morgan fingerprint density at radius 2 is 2.00 bits per heavy atom. The van der Waals surface area contributed by atoms with Crippen LogP contribution in [0.4, 0.5) is 5.69 Å². The van der Waals surface area contributed by atoms with Gasteiger partial charge in [0.2, 0.25) is 0 Å². The molecule has 1 spiro atoms. The van der Waals surface area contributed by atoms with Crippen molar-refractivity contribution in [3.63, 3.8) is 0 Å². The zero-order chi connectivity index (χ0) is 11.7. The molecule has 2 aliphatic rings. The fraction of sp³-hybridized carbons (Fsp3) is 0.462. The molecule has 3 nitrogen and oxygen atoms in total. The van der Waals surface area contributed by atoms with Crippen LogP contribution in [0, 0.1) is 0 Å². The highest BCUT2D eigenvalue weighted by Gasteiger charge is 2.35. The molecule has 1 fully saturated rings. The van der Waals surface area contributed by atoms with E-state index in [4.69, 9.17) is 4.99 Å². The van der Waals surface area contributed by atoms with E-state index in [0.29, 0.717) is 0 Å². The van der Waals surface area contributed by atoms with E-state index in [1.54, 1.807) is 11.8 Å². The fourth-order valence-corrected chi connectivity index (χ4v) is 3.21. The summed E-state index contributed by atoms with van der Waals surface area (Å²) in [6.07, 6.45) is 4.23. The van der Waals surface area contributed by atoms with E-state index >= 15 is 0 Å². The molecule has 0 bridgehead atoms. The number of hydrogen-bond donors (Lipinski definition) is 2. The lowest BCUT2D eigenvalue weighted by Crippen LogP contribution is -2.48. The van der Waals surface area contributed by atoms with Crippen molar-refractivity contribution in [2.24, 2.45) is 4.99 Å². The van der Waals surface area contributed by atoms with Crippen LogP contribution in [0.15, 0.2) is 29.3 Å². The lowest BCUT2D eigenvalue weighted by molar-refractivity contribution is 0.350. The molecule has 0 radical (unpaired) electrons. The number of nitrogens with one attached hydrogen (secondary N) is 2. The molecule has 4 heteroatoms. The molecule has 0 unspecified atom stereocenters. The van der Waals surface area contributed by atoms with E-state index in [-0.39, 0.29) is 5.66 Å². The molecule has 1 aromatic carbocycles. The average molecular weight is 247 g/mol. The summed E-state index contributed by atoms with van der Waals surface area (Å²) in [4.78, 5) is 4.96. The number of fused-ring (bicyclic) bond motifs is 1. The first-order valence-electron chi connectivity index (χ1n) is 6.05. The number of anilines is 1. The van der Waals surface area contributed by atoms with E-state index in [2.05, 4.69) is 41.2 Å². The topological polar surface area (TPSA) is 36.4 Å². The first-order chi connectivity index (χ1) is 8.33. The van der Waals surface area contributed by atoms with Crippen LogP contribution >= 0.6 is 11.8 Å². The second-order valence-electron chi connectivity index (χ2n) is 4.57. The maximum atomic E-state index is 4.96. The molecule has 1 saturated heterocycles. The minimum absolute atomic E-state index is 0.0715. The quantitative estimate of drug-likeness (QED) is 0.738. The van der Waals surface area contributed by atoms with Gasteiger partial charge in [0, 0.05) is 24.1 Å². The highest BCUT2D eigenvalue weighted by atomic mass is 32.2. The van der Waals surface area contributed by atoms with Gasteiger partial charge in [0.1, 0.15) is 10.7 Å². The molecule has 0 amide bonds. The van der Waals surface area contributed by atoms with Gasteiger partial charge in [0.05, 0.1) is 0 Å². The van der Waals surface area contributed by atoms with Gasteiger partial charge >= 0.3 is 0 Å². The third-order valence-electron chi connectivity index (χ3n) is 3.46. The Morgan fingerprint density at radius 1 is 1.24 bits per heavy atom. The van der Waals surface area contributed by atoms with Crippen LogP contribution in [-0.2, 0) is 0 Å². The number of para-hydroxylation sites is 1. The molecule has 2 aliphatic heterocycles. The van der Waals surface area contributed by atoms with Crippen LogP contribution in [0.3, 0.4) is 0 Å². The van der Waals surface area contributed by atoms with Gasteiger partial charge in [-0.05, 0) is 25.4 Å². The van der Waals surface area contributed by atoms with Gasteiger partial charge in [0.25, 0.3) is 0 Å². The summed E-state index contributed by atoms with van der Waals surface area (Å²) in [6, 6.07) is 8.46. The highest BCUT2D eigenvalue weighted by Crippen LogP contribution is 2.35. The lowest BCUT2D eigenvalue weighted by Gasteiger charge is -2.39. The highest BCUT2D eigenvalue weighted by molar-refractivity contribution is 8.13. The van der Waals surface area contributed by atoms with Crippen LogP contribution in [0.5, 0.6) is 0 Å². The number of hydrogen-bond acceptors (Lipinski definition) is 4. The van der Waals surface area contributed by atoms with Crippen molar-refractivity contribution < 1.29 is 0 Å². The number of rotatable bonds is 0. The predicted octanol–water partition coefficient (Wildman–Crippen LogP) is 2.30. The summed E-state index contributed by atoms with van der Waals surface area (Å²) in [5.74, 6) is 0. The maximum Gasteiger partial charge on any atom is 0.133 e. The molecule has 90 valence electrons. The summed E-state index contributed by atoms with van der Waals surface area (Å²) in [5.41, 5.74) is 2.40. The standard InChI is InChI=1S/C13H17N3S/c1-17-12-10-4-2-3-5-11(10)15-13(16-12)6-8-14-9-7-13/h2-5,14-15H,6-9H2,1H3. The van der Waals surface area contributed by atoms with Crippen molar-refractivity contribution in [3.8, 4) is 0 Å². The molecule has 3 rings (SSSR count). The van der Waals surface area contributed by atoms with Crippen molar-refractivity contribution in [2.75, 3.05) is 24.7 Å². The van der Waals surface area contributed by atoms with Crippen LogP contribution in [0.1, 0.15) is 18.4 Å². The number of benzene rings is 1. The first-order valence-corrected chi connectivity index (χ1v) is 7.28. The normalized spacial score (nSPS) is 21.6. The second kappa shape index (κ2) is 4.35. The average Bonchev–Trinajstić information content (AvgIpc) is 2.38.